The molecule has 1 unspecified atom stereocenters. The predicted molar refractivity (Wildman–Crippen MR) is 131 cm³/mol. The molecular formula is C25H30FN3O4S. The van der Waals surface area contributed by atoms with Gasteiger partial charge in [0.05, 0.1) is 0 Å². The van der Waals surface area contributed by atoms with Crippen molar-refractivity contribution in [1.29, 1.82) is 0 Å². The lowest BCUT2D eigenvalue weighted by Gasteiger charge is -2.26. The van der Waals surface area contributed by atoms with E-state index in [0.29, 0.717) is 11.4 Å². The van der Waals surface area contributed by atoms with Gasteiger partial charge in [-0.05, 0) is 56.2 Å². The van der Waals surface area contributed by atoms with Crippen molar-refractivity contribution in [2.24, 2.45) is 0 Å². The van der Waals surface area contributed by atoms with Gasteiger partial charge in [0.2, 0.25) is 17.7 Å². The largest absolute Gasteiger partial charge is 0.352 e. The summed E-state index contributed by atoms with van der Waals surface area (Å²) in [5.74, 6) is -2.64. The third kappa shape index (κ3) is 8.06. The SMILES string of the molecule is Cc1ccc(NC(=O)CS(=O)CC(=O)N(CC(=O)NC2CCCCC2)c2ccc(F)cc2)cc1. The quantitative estimate of drug-likeness (QED) is 0.567. The van der Waals surface area contributed by atoms with Gasteiger partial charge in [-0.25, -0.2) is 4.39 Å². The van der Waals surface area contributed by atoms with E-state index >= 15 is 0 Å². The molecule has 0 spiro atoms. The number of nitrogens with zero attached hydrogens (tertiary/aromatic N) is 1. The number of hydrogen-bond acceptors (Lipinski definition) is 4. The Morgan fingerprint density at radius 3 is 2.24 bits per heavy atom. The van der Waals surface area contributed by atoms with Crippen molar-refractivity contribution in [2.45, 2.75) is 45.1 Å². The Labute approximate surface area is 201 Å². The van der Waals surface area contributed by atoms with Crippen LogP contribution in [0.1, 0.15) is 37.7 Å². The molecule has 0 radical (unpaired) electrons. The van der Waals surface area contributed by atoms with Crippen LogP contribution in [-0.4, -0.2) is 46.0 Å². The minimum atomic E-state index is -1.79. The van der Waals surface area contributed by atoms with Crippen LogP contribution >= 0.6 is 0 Å². The number of aryl methyl sites for hydroxylation is 1. The number of carbonyl (C=O) groups excluding carboxylic acids is 3. The average Bonchev–Trinajstić information content (AvgIpc) is 2.80. The van der Waals surface area contributed by atoms with Crippen molar-refractivity contribution in [3.8, 4) is 0 Å². The number of halogens is 1. The number of nitrogens with one attached hydrogen (secondary N) is 2. The number of benzene rings is 2. The Hall–Kier alpha value is -3.07. The van der Waals surface area contributed by atoms with Crippen molar-refractivity contribution in [2.75, 3.05) is 28.3 Å². The van der Waals surface area contributed by atoms with Crippen LogP contribution < -0.4 is 15.5 Å². The summed E-state index contributed by atoms with van der Waals surface area (Å²) in [6.07, 6.45) is 5.05. The molecule has 1 aliphatic rings. The molecule has 1 aliphatic carbocycles. The van der Waals surface area contributed by atoms with E-state index < -0.39 is 34.2 Å². The van der Waals surface area contributed by atoms with Crippen molar-refractivity contribution in [3.63, 3.8) is 0 Å². The summed E-state index contributed by atoms with van der Waals surface area (Å²) in [5.41, 5.74) is 1.94. The Bertz CT molecular complexity index is 1020. The fourth-order valence-corrected chi connectivity index (χ4v) is 4.75. The Balaban J connectivity index is 1.61. The summed E-state index contributed by atoms with van der Waals surface area (Å²) in [6.45, 7) is 1.66. The summed E-state index contributed by atoms with van der Waals surface area (Å²) in [4.78, 5) is 39.0. The van der Waals surface area contributed by atoms with Crippen LogP contribution in [0.4, 0.5) is 15.8 Å². The van der Waals surface area contributed by atoms with Crippen LogP contribution in [0, 0.1) is 12.7 Å². The topological polar surface area (TPSA) is 95.6 Å². The third-order valence-corrected chi connectivity index (χ3v) is 6.78. The normalized spacial score (nSPS) is 14.8. The molecular weight excluding hydrogens is 457 g/mol. The van der Waals surface area contributed by atoms with E-state index in [1.54, 1.807) is 12.1 Å². The Kier molecular flexibility index (Phi) is 9.33. The van der Waals surface area contributed by atoms with Crippen molar-refractivity contribution in [1.82, 2.24) is 5.32 Å². The van der Waals surface area contributed by atoms with Crippen LogP contribution in [0.25, 0.3) is 0 Å². The van der Waals surface area contributed by atoms with Gasteiger partial charge in [-0.3, -0.25) is 18.6 Å². The van der Waals surface area contributed by atoms with Crippen LogP contribution in [0.5, 0.6) is 0 Å². The zero-order valence-electron chi connectivity index (χ0n) is 19.2. The van der Waals surface area contributed by atoms with Crippen molar-refractivity contribution >= 4 is 39.9 Å². The molecule has 0 heterocycles. The van der Waals surface area contributed by atoms with E-state index in [2.05, 4.69) is 10.6 Å². The second kappa shape index (κ2) is 12.4. The lowest BCUT2D eigenvalue weighted by molar-refractivity contribution is -0.123. The minimum absolute atomic E-state index is 0.0750. The molecule has 0 aliphatic heterocycles. The molecule has 3 amide bonds. The zero-order chi connectivity index (χ0) is 24.5. The molecule has 7 nitrogen and oxygen atoms in total. The van der Waals surface area contributed by atoms with Crippen LogP contribution in [-0.2, 0) is 25.2 Å². The molecule has 1 fully saturated rings. The van der Waals surface area contributed by atoms with Gasteiger partial charge in [0, 0.05) is 28.2 Å². The molecule has 2 aromatic carbocycles. The summed E-state index contributed by atoms with van der Waals surface area (Å²) < 4.78 is 25.9. The maximum Gasteiger partial charge on any atom is 0.240 e. The summed E-state index contributed by atoms with van der Waals surface area (Å²) in [6, 6.07) is 12.4. The van der Waals surface area contributed by atoms with Crippen LogP contribution in [0.2, 0.25) is 0 Å². The van der Waals surface area contributed by atoms with E-state index in [9.17, 15) is 23.0 Å². The average molecular weight is 488 g/mol. The molecule has 34 heavy (non-hydrogen) atoms. The number of anilines is 2. The van der Waals surface area contributed by atoms with Gasteiger partial charge in [-0.1, -0.05) is 37.0 Å². The molecule has 3 rings (SSSR count). The lowest BCUT2D eigenvalue weighted by Crippen LogP contribution is -2.46. The van der Waals surface area contributed by atoms with Gasteiger partial charge in [0.15, 0.2) is 0 Å². The van der Waals surface area contributed by atoms with Crippen molar-refractivity contribution < 1.29 is 23.0 Å². The summed E-state index contributed by atoms with van der Waals surface area (Å²) in [7, 11) is -1.79. The zero-order valence-corrected chi connectivity index (χ0v) is 20.0. The maximum atomic E-state index is 13.4. The standard InChI is InChI=1S/C25H30FN3O4S/c1-18-7-11-21(12-8-18)28-24(31)16-34(33)17-25(32)29(22-13-9-19(26)10-14-22)15-23(30)27-20-5-3-2-4-6-20/h7-14,20H,2-6,15-17H2,1H3,(H,27,30)(H,28,31). The monoisotopic (exact) mass is 487 g/mol. The minimum Gasteiger partial charge on any atom is -0.352 e. The number of amides is 3. The van der Waals surface area contributed by atoms with Gasteiger partial charge in [-0.2, -0.15) is 0 Å². The molecule has 1 saturated carbocycles. The molecule has 0 bridgehead atoms. The van der Waals surface area contributed by atoms with Crippen LogP contribution in [0.15, 0.2) is 48.5 Å². The highest BCUT2D eigenvalue weighted by molar-refractivity contribution is 7.86. The van der Waals surface area contributed by atoms with E-state index in [4.69, 9.17) is 0 Å². The van der Waals surface area contributed by atoms with Gasteiger partial charge in [0.25, 0.3) is 0 Å². The Morgan fingerprint density at radius 1 is 0.941 bits per heavy atom. The highest BCUT2D eigenvalue weighted by atomic mass is 32.2. The summed E-state index contributed by atoms with van der Waals surface area (Å²) >= 11 is 0. The first-order valence-corrected chi connectivity index (χ1v) is 12.9. The van der Waals surface area contributed by atoms with Crippen LogP contribution in [0.3, 0.4) is 0 Å². The van der Waals surface area contributed by atoms with Gasteiger partial charge in [-0.15, -0.1) is 0 Å². The van der Waals surface area contributed by atoms with Gasteiger partial charge in [0.1, 0.15) is 23.9 Å². The molecule has 1 atom stereocenters. The molecule has 2 N–H and O–H groups in total. The second-order valence-corrected chi connectivity index (χ2v) is 9.96. The first-order valence-electron chi connectivity index (χ1n) is 11.4. The smallest absolute Gasteiger partial charge is 0.240 e. The molecule has 182 valence electrons. The molecule has 2 aromatic rings. The van der Waals surface area contributed by atoms with E-state index in [1.165, 1.54) is 29.2 Å². The van der Waals surface area contributed by atoms with E-state index in [-0.39, 0.29) is 24.2 Å². The van der Waals surface area contributed by atoms with Gasteiger partial charge < -0.3 is 15.5 Å². The number of carbonyl (C=O) groups is 3. The van der Waals surface area contributed by atoms with Gasteiger partial charge >= 0.3 is 0 Å². The predicted octanol–water partition coefficient (Wildman–Crippen LogP) is 3.30. The fraction of sp³-hybridized carbons (Fsp3) is 0.400. The van der Waals surface area contributed by atoms with E-state index in [1.807, 2.05) is 19.1 Å². The first kappa shape index (κ1) is 25.6. The fourth-order valence-electron chi connectivity index (χ4n) is 3.86. The first-order chi connectivity index (χ1) is 16.3. The highest BCUT2D eigenvalue weighted by Gasteiger charge is 2.24. The van der Waals surface area contributed by atoms with Crippen molar-refractivity contribution in [3.05, 3.63) is 59.9 Å². The highest BCUT2D eigenvalue weighted by Crippen LogP contribution is 2.19. The maximum absolute atomic E-state index is 13.4. The molecule has 0 saturated heterocycles. The number of rotatable bonds is 9. The second-order valence-electron chi connectivity index (χ2n) is 8.50. The molecule has 9 heteroatoms. The van der Waals surface area contributed by atoms with E-state index in [0.717, 1.165) is 37.7 Å². The Morgan fingerprint density at radius 2 is 1.59 bits per heavy atom. The lowest BCUT2D eigenvalue weighted by atomic mass is 9.95. The summed E-state index contributed by atoms with van der Waals surface area (Å²) in [5, 5.41) is 5.61. The molecule has 0 aromatic heterocycles. The number of hydrogen-bond donors (Lipinski definition) is 2. The third-order valence-electron chi connectivity index (χ3n) is 5.62.